The van der Waals surface area contributed by atoms with E-state index in [0.717, 1.165) is 19.1 Å². The van der Waals surface area contributed by atoms with Gasteiger partial charge < -0.3 is 4.74 Å². The Bertz CT molecular complexity index is 327. The van der Waals surface area contributed by atoms with Gasteiger partial charge in [-0.25, -0.2) is 0 Å². The topological polar surface area (TPSA) is 69.7 Å². The minimum atomic E-state index is -3.36. The summed E-state index contributed by atoms with van der Waals surface area (Å²) in [5, 5.41) is 0. The van der Waals surface area contributed by atoms with Crippen LogP contribution in [0.5, 0.6) is 0 Å². The molecule has 0 aromatic carbocycles. The molecule has 0 saturated heterocycles. The zero-order valence-electron chi connectivity index (χ0n) is 9.64. The normalized spacial score (nSPS) is 26.4. The number of rotatable bonds is 4. The van der Waals surface area contributed by atoms with Gasteiger partial charge in [-0.15, -0.1) is 0 Å². The average molecular weight is 250 g/mol. The second-order valence-electron chi connectivity index (χ2n) is 4.22. The van der Waals surface area contributed by atoms with Crippen molar-refractivity contribution in [3.63, 3.8) is 0 Å². The van der Waals surface area contributed by atoms with E-state index in [1.54, 1.807) is 0 Å². The number of carbonyl (C=O) groups is 1. The molecule has 94 valence electrons. The van der Waals surface area contributed by atoms with Crippen molar-refractivity contribution in [2.75, 3.05) is 13.4 Å². The highest BCUT2D eigenvalue weighted by Gasteiger charge is 2.25. The fraction of sp³-hybridized carbons (Fsp3) is 0.900. The van der Waals surface area contributed by atoms with Crippen LogP contribution in [0.3, 0.4) is 0 Å². The zero-order chi connectivity index (χ0) is 12.2. The molecule has 5 nitrogen and oxygen atoms in total. The molecule has 0 radical (unpaired) electrons. The SMILES string of the molecule is COC(=O)CC1CCC(OS(C)(=O)=O)CC1. The van der Waals surface area contributed by atoms with Gasteiger partial charge in [-0.1, -0.05) is 0 Å². The number of hydrogen-bond donors (Lipinski definition) is 0. The largest absolute Gasteiger partial charge is 0.469 e. The second kappa shape index (κ2) is 5.63. The Morgan fingerprint density at radius 1 is 1.25 bits per heavy atom. The van der Waals surface area contributed by atoms with E-state index in [2.05, 4.69) is 4.74 Å². The van der Waals surface area contributed by atoms with Crippen molar-refractivity contribution in [2.24, 2.45) is 5.92 Å². The summed E-state index contributed by atoms with van der Waals surface area (Å²) in [6, 6.07) is 0. The molecule has 16 heavy (non-hydrogen) atoms. The van der Waals surface area contributed by atoms with E-state index >= 15 is 0 Å². The molecule has 0 atom stereocenters. The molecular weight excluding hydrogens is 232 g/mol. The van der Waals surface area contributed by atoms with E-state index in [1.807, 2.05) is 0 Å². The van der Waals surface area contributed by atoms with Gasteiger partial charge in [-0.05, 0) is 31.6 Å². The van der Waals surface area contributed by atoms with Crippen LogP contribution in [0.2, 0.25) is 0 Å². The van der Waals surface area contributed by atoms with Gasteiger partial charge in [-0.2, -0.15) is 8.42 Å². The molecule has 0 aromatic rings. The maximum Gasteiger partial charge on any atom is 0.305 e. The summed E-state index contributed by atoms with van der Waals surface area (Å²) in [4.78, 5) is 11.0. The highest BCUT2D eigenvalue weighted by molar-refractivity contribution is 7.86. The van der Waals surface area contributed by atoms with Crippen molar-refractivity contribution in [1.82, 2.24) is 0 Å². The summed E-state index contributed by atoms with van der Waals surface area (Å²) in [5.41, 5.74) is 0. The van der Waals surface area contributed by atoms with Gasteiger partial charge in [0.15, 0.2) is 0 Å². The molecule has 0 spiro atoms. The quantitative estimate of drug-likeness (QED) is 0.551. The van der Waals surface area contributed by atoms with Crippen LogP contribution in [0.4, 0.5) is 0 Å². The van der Waals surface area contributed by atoms with E-state index in [-0.39, 0.29) is 12.1 Å². The van der Waals surface area contributed by atoms with Crippen LogP contribution >= 0.6 is 0 Å². The Morgan fingerprint density at radius 3 is 2.25 bits per heavy atom. The van der Waals surface area contributed by atoms with Crippen LogP contribution in [0.15, 0.2) is 0 Å². The minimum Gasteiger partial charge on any atom is -0.469 e. The molecule has 0 amide bonds. The monoisotopic (exact) mass is 250 g/mol. The first-order valence-corrected chi connectivity index (χ1v) is 7.17. The molecule has 0 heterocycles. The summed E-state index contributed by atoms with van der Waals surface area (Å²) < 4.78 is 31.3. The number of hydrogen-bond acceptors (Lipinski definition) is 5. The van der Waals surface area contributed by atoms with Crippen LogP contribution in [0.25, 0.3) is 0 Å². The second-order valence-corrected chi connectivity index (χ2v) is 5.82. The van der Waals surface area contributed by atoms with Crippen molar-refractivity contribution in [2.45, 2.75) is 38.2 Å². The van der Waals surface area contributed by atoms with Gasteiger partial charge >= 0.3 is 5.97 Å². The molecule has 0 aliphatic heterocycles. The first-order chi connectivity index (χ1) is 7.40. The predicted molar refractivity (Wildman–Crippen MR) is 58.3 cm³/mol. The third-order valence-corrected chi connectivity index (χ3v) is 3.41. The zero-order valence-corrected chi connectivity index (χ0v) is 10.5. The van der Waals surface area contributed by atoms with Gasteiger partial charge in [-0.3, -0.25) is 8.98 Å². The summed E-state index contributed by atoms with van der Waals surface area (Å²) >= 11 is 0. The van der Waals surface area contributed by atoms with E-state index in [0.29, 0.717) is 25.2 Å². The maximum atomic E-state index is 11.0. The fourth-order valence-electron chi connectivity index (χ4n) is 2.00. The molecule has 1 fully saturated rings. The molecule has 6 heteroatoms. The Balaban J connectivity index is 2.31. The van der Waals surface area contributed by atoms with Gasteiger partial charge in [0.2, 0.25) is 0 Å². The van der Waals surface area contributed by atoms with Crippen molar-refractivity contribution in [3.8, 4) is 0 Å². The van der Waals surface area contributed by atoms with Crippen molar-refractivity contribution < 1.29 is 22.1 Å². The van der Waals surface area contributed by atoms with Crippen LogP contribution in [0, 0.1) is 5.92 Å². The highest BCUT2D eigenvalue weighted by atomic mass is 32.2. The van der Waals surface area contributed by atoms with E-state index < -0.39 is 10.1 Å². The van der Waals surface area contributed by atoms with Crippen molar-refractivity contribution >= 4 is 16.1 Å². The lowest BCUT2D eigenvalue weighted by Crippen LogP contribution is -2.25. The van der Waals surface area contributed by atoms with Crippen LogP contribution in [0.1, 0.15) is 32.1 Å². The minimum absolute atomic E-state index is 0.201. The fourth-order valence-corrected chi connectivity index (χ4v) is 2.69. The average Bonchev–Trinajstić information content (AvgIpc) is 2.18. The summed E-state index contributed by atoms with van der Waals surface area (Å²) in [6.07, 6.45) is 4.27. The Hall–Kier alpha value is -0.620. The molecule has 0 bridgehead atoms. The third kappa shape index (κ3) is 4.94. The molecule has 1 aliphatic rings. The van der Waals surface area contributed by atoms with Crippen molar-refractivity contribution in [1.29, 1.82) is 0 Å². The van der Waals surface area contributed by atoms with Crippen LogP contribution in [-0.2, 0) is 23.8 Å². The summed E-state index contributed by atoms with van der Waals surface area (Å²) in [6.45, 7) is 0. The lowest BCUT2D eigenvalue weighted by Gasteiger charge is -2.26. The Kier molecular flexibility index (Phi) is 4.73. The first-order valence-electron chi connectivity index (χ1n) is 5.36. The Morgan fingerprint density at radius 2 is 1.81 bits per heavy atom. The van der Waals surface area contributed by atoms with Crippen molar-refractivity contribution in [3.05, 3.63) is 0 Å². The standard InChI is InChI=1S/C10H18O5S/c1-14-10(11)7-8-3-5-9(6-4-8)15-16(2,12)13/h8-9H,3-7H2,1-2H3. The molecule has 0 unspecified atom stereocenters. The lowest BCUT2D eigenvalue weighted by atomic mass is 9.85. The van der Waals surface area contributed by atoms with Gasteiger partial charge in [0.1, 0.15) is 0 Å². The van der Waals surface area contributed by atoms with Gasteiger partial charge in [0.05, 0.1) is 19.5 Å². The van der Waals surface area contributed by atoms with E-state index in [9.17, 15) is 13.2 Å². The number of carbonyl (C=O) groups excluding carboxylic acids is 1. The molecule has 1 saturated carbocycles. The molecule has 0 aromatic heterocycles. The summed E-state index contributed by atoms with van der Waals surface area (Å²) in [5.74, 6) is 0.0966. The van der Waals surface area contributed by atoms with Gasteiger partial charge in [0, 0.05) is 6.42 Å². The highest BCUT2D eigenvalue weighted by Crippen LogP contribution is 2.29. The molecular formula is C10H18O5S. The van der Waals surface area contributed by atoms with Crippen LogP contribution < -0.4 is 0 Å². The smallest absolute Gasteiger partial charge is 0.305 e. The lowest BCUT2D eigenvalue weighted by molar-refractivity contribution is -0.142. The van der Waals surface area contributed by atoms with Crippen LogP contribution in [-0.4, -0.2) is 33.9 Å². The number of esters is 1. The first kappa shape index (κ1) is 13.4. The number of ether oxygens (including phenoxy) is 1. The van der Waals surface area contributed by atoms with E-state index in [1.165, 1.54) is 7.11 Å². The molecule has 1 rings (SSSR count). The third-order valence-electron chi connectivity index (χ3n) is 2.79. The molecule has 1 aliphatic carbocycles. The van der Waals surface area contributed by atoms with E-state index in [4.69, 9.17) is 4.18 Å². The van der Waals surface area contributed by atoms with Gasteiger partial charge in [0.25, 0.3) is 10.1 Å². The number of methoxy groups -OCH3 is 1. The maximum absolute atomic E-state index is 11.0. The Labute approximate surface area is 96.2 Å². The summed E-state index contributed by atoms with van der Waals surface area (Å²) in [7, 11) is -1.98. The predicted octanol–water partition coefficient (Wildman–Crippen LogP) is 1.08. The molecule has 0 N–H and O–H groups in total.